The summed E-state index contributed by atoms with van der Waals surface area (Å²) >= 11 is 0. The summed E-state index contributed by atoms with van der Waals surface area (Å²) in [5.41, 5.74) is 2.34. The standard InChI is InChI=1S/C10H18FN3/c1-8(12-6-4-5-11)10-7-13-14(3)9(10)2/h7-8,12H,4-6H2,1-3H3. The number of alkyl halides is 1. The zero-order valence-electron chi connectivity index (χ0n) is 9.05. The van der Waals surface area contributed by atoms with E-state index in [1.54, 1.807) is 0 Å². The van der Waals surface area contributed by atoms with Crippen molar-refractivity contribution in [3.05, 3.63) is 17.5 Å². The normalized spacial score (nSPS) is 13.1. The van der Waals surface area contributed by atoms with Crippen LogP contribution in [0.5, 0.6) is 0 Å². The Bertz CT molecular complexity index is 283. The molecule has 1 unspecified atom stereocenters. The topological polar surface area (TPSA) is 29.9 Å². The van der Waals surface area contributed by atoms with Gasteiger partial charge >= 0.3 is 0 Å². The molecule has 1 rings (SSSR count). The summed E-state index contributed by atoms with van der Waals surface area (Å²) in [7, 11) is 1.92. The predicted molar refractivity (Wildman–Crippen MR) is 55.0 cm³/mol. The highest BCUT2D eigenvalue weighted by Gasteiger charge is 2.10. The van der Waals surface area contributed by atoms with Gasteiger partial charge in [-0.25, -0.2) is 0 Å². The van der Waals surface area contributed by atoms with Gasteiger partial charge in [0.15, 0.2) is 0 Å². The molecule has 1 aromatic rings. The molecule has 0 aliphatic heterocycles. The van der Waals surface area contributed by atoms with E-state index in [0.717, 1.165) is 5.69 Å². The van der Waals surface area contributed by atoms with Crippen molar-refractivity contribution in [3.8, 4) is 0 Å². The van der Waals surface area contributed by atoms with Crippen LogP contribution in [0.15, 0.2) is 6.20 Å². The SMILES string of the molecule is Cc1c(C(C)NCCCF)cnn1C. The van der Waals surface area contributed by atoms with Gasteiger partial charge in [-0.3, -0.25) is 9.07 Å². The van der Waals surface area contributed by atoms with E-state index in [0.29, 0.717) is 13.0 Å². The Morgan fingerprint density at radius 1 is 1.64 bits per heavy atom. The minimum absolute atomic E-state index is 0.246. The van der Waals surface area contributed by atoms with Gasteiger partial charge in [-0.15, -0.1) is 0 Å². The average molecular weight is 199 g/mol. The Morgan fingerprint density at radius 2 is 2.36 bits per heavy atom. The monoisotopic (exact) mass is 199 g/mol. The lowest BCUT2D eigenvalue weighted by molar-refractivity contribution is 0.445. The fourth-order valence-corrected chi connectivity index (χ4v) is 1.44. The second-order valence-corrected chi connectivity index (χ2v) is 3.53. The number of aromatic nitrogens is 2. The van der Waals surface area contributed by atoms with Gasteiger partial charge < -0.3 is 5.32 Å². The minimum atomic E-state index is -0.258. The molecule has 14 heavy (non-hydrogen) atoms. The van der Waals surface area contributed by atoms with Gasteiger partial charge in [0.25, 0.3) is 0 Å². The molecule has 1 heterocycles. The van der Waals surface area contributed by atoms with E-state index < -0.39 is 0 Å². The Hall–Kier alpha value is -0.900. The van der Waals surface area contributed by atoms with Crippen LogP contribution in [0.3, 0.4) is 0 Å². The Kier molecular flexibility index (Phi) is 4.07. The number of aryl methyl sites for hydroxylation is 1. The third kappa shape index (κ3) is 2.54. The highest BCUT2D eigenvalue weighted by molar-refractivity contribution is 5.19. The molecule has 3 nitrogen and oxygen atoms in total. The van der Waals surface area contributed by atoms with Crippen molar-refractivity contribution in [1.82, 2.24) is 15.1 Å². The van der Waals surface area contributed by atoms with Crippen LogP contribution < -0.4 is 5.32 Å². The highest BCUT2D eigenvalue weighted by atomic mass is 19.1. The van der Waals surface area contributed by atoms with Gasteiger partial charge in [0.05, 0.1) is 12.9 Å². The molecule has 0 saturated heterocycles. The summed E-state index contributed by atoms with van der Waals surface area (Å²) in [5, 5.41) is 7.43. The van der Waals surface area contributed by atoms with Crippen LogP contribution in [0.2, 0.25) is 0 Å². The Morgan fingerprint density at radius 3 is 2.86 bits per heavy atom. The lowest BCUT2D eigenvalue weighted by Gasteiger charge is -2.12. The quantitative estimate of drug-likeness (QED) is 0.732. The number of halogens is 1. The van der Waals surface area contributed by atoms with Crippen LogP contribution in [0, 0.1) is 6.92 Å². The third-order valence-corrected chi connectivity index (χ3v) is 2.50. The highest BCUT2D eigenvalue weighted by Crippen LogP contribution is 2.15. The van der Waals surface area contributed by atoms with Crippen molar-refractivity contribution in [2.75, 3.05) is 13.2 Å². The van der Waals surface area contributed by atoms with Gasteiger partial charge in [-0.1, -0.05) is 0 Å². The van der Waals surface area contributed by atoms with E-state index in [2.05, 4.69) is 17.3 Å². The summed E-state index contributed by atoms with van der Waals surface area (Å²) in [5.74, 6) is 0. The molecule has 0 spiro atoms. The van der Waals surface area contributed by atoms with Crippen LogP contribution in [0.25, 0.3) is 0 Å². The van der Waals surface area contributed by atoms with Gasteiger partial charge in [0.2, 0.25) is 0 Å². The van der Waals surface area contributed by atoms with Gasteiger partial charge in [0, 0.05) is 24.3 Å². The van der Waals surface area contributed by atoms with E-state index in [9.17, 15) is 4.39 Å². The number of nitrogens with one attached hydrogen (secondary N) is 1. The summed E-state index contributed by atoms with van der Waals surface area (Å²) in [4.78, 5) is 0. The van der Waals surface area contributed by atoms with Gasteiger partial charge in [0.1, 0.15) is 0 Å². The minimum Gasteiger partial charge on any atom is -0.310 e. The fourth-order valence-electron chi connectivity index (χ4n) is 1.44. The van der Waals surface area contributed by atoms with E-state index in [1.807, 2.05) is 24.9 Å². The first kappa shape index (κ1) is 11.2. The van der Waals surface area contributed by atoms with E-state index in [-0.39, 0.29) is 12.7 Å². The molecular formula is C10H18FN3. The van der Waals surface area contributed by atoms with Crippen LogP contribution in [0.4, 0.5) is 4.39 Å². The van der Waals surface area contributed by atoms with Crippen molar-refractivity contribution in [1.29, 1.82) is 0 Å². The molecule has 0 aliphatic rings. The van der Waals surface area contributed by atoms with E-state index >= 15 is 0 Å². The zero-order valence-corrected chi connectivity index (χ0v) is 9.05. The second-order valence-electron chi connectivity index (χ2n) is 3.53. The third-order valence-electron chi connectivity index (χ3n) is 2.50. The number of hydrogen-bond acceptors (Lipinski definition) is 2. The van der Waals surface area contributed by atoms with Crippen LogP contribution in [-0.4, -0.2) is 23.0 Å². The van der Waals surface area contributed by atoms with E-state index in [4.69, 9.17) is 0 Å². The number of hydrogen-bond donors (Lipinski definition) is 1. The lowest BCUT2D eigenvalue weighted by Crippen LogP contribution is -2.20. The van der Waals surface area contributed by atoms with Crippen LogP contribution in [-0.2, 0) is 7.05 Å². The number of nitrogens with zero attached hydrogens (tertiary/aromatic N) is 2. The molecule has 80 valence electrons. The van der Waals surface area contributed by atoms with Crippen molar-refractivity contribution in [2.45, 2.75) is 26.3 Å². The molecular weight excluding hydrogens is 181 g/mol. The van der Waals surface area contributed by atoms with E-state index in [1.165, 1.54) is 5.56 Å². The van der Waals surface area contributed by atoms with Crippen molar-refractivity contribution in [3.63, 3.8) is 0 Å². The Balaban J connectivity index is 2.52. The molecule has 0 aliphatic carbocycles. The molecule has 0 saturated carbocycles. The molecule has 0 radical (unpaired) electrons. The summed E-state index contributed by atoms with van der Waals surface area (Å²) in [6.45, 7) is 4.57. The molecule has 1 atom stereocenters. The largest absolute Gasteiger partial charge is 0.310 e. The maximum Gasteiger partial charge on any atom is 0.0906 e. The molecule has 0 aromatic carbocycles. The van der Waals surface area contributed by atoms with Gasteiger partial charge in [-0.05, 0) is 26.8 Å². The first-order chi connectivity index (χ1) is 6.66. The molecule has 0 amide bonds. The first-order valence-corrected chi connectivity index (χ1v) is 4.94. The van der Waals surface area contributed by atoms with Gasteiger partial charge in [-0.2, -0.15) is 5.10 Å². The van der Waals surface area contributed by atoms with Crippen LogP contribution >= 0.6 is 0 Å². The number of rotatable bonds is 5. The van der Waals surface area contributed by atoms with Crippen LogP contribution in [0.1, 0.15) is 30.6 Å². The maximum atomic E-state index is 11.9. The lowest BCUT2D eigenvalue weighted by atomic mass is 10.1. The molecule has 4 heteroatoms. The second kappa shape index (κ2) is 5.10. The molecule has 1 aromatic heterocycles. The summed E-state index contributed by atoms with van der Waals surface area (Å²) in [6.07, 6.45) is 2.44. The molecule has 0 fully saturated rings. The predicted octanol–water partition coefficient (Wildman–Crippen LogP) is 1.74. The first-order valence-electron chi connectivity index (χ1n) is 4.94. The molecule has 0 bridgehead atoms. The fraction of sp³-hybridized carbons (Fsp3) is 0.700. The Labute approximate surface area is 84.3 Å². The van der Waals surface area contributed by atoms with Crippen molar-refractivity contribution in [2.24, 2.45) is 7.05 Å². The van der Waals surface area contributed by atoms with Crippen molar-refractivity contribution >= 4 is 0 Å². The summed E-state index contributed by atoms with van der Waals surface area (Å²) < 4.78 is 13.7. The maximum absolute atomic E-state index is 11.9. The zero-order chi connectivity index (χ0) is 10.6. The molecule has 1 N–H and O–H groups in total. The van der Waals surface area contributed by atoms with Crippen molar-refractivity contribution < 1.29 is 4.39 Å². The smallest absolute Gasteiger partial charge is 0.0906 e. The average Bonchev–Trinajstić information content (AvgIpc) is 2.48. The summed E-state index contributed by atoms with van der Waals surface area (Å²) in [6, 6.07) is 0.246.